The van der Waals surface area contributed by atoms with E-state index < -0.39 is 23.7 Å². The van der Waals surface area contributed by atoms with Crippen molar-refractivity contribution in [1.82, 2.24) is 10.0 Å². The second-order valence-electron chi connectivity index (χ2n) is 7.85. The van der Waals surface area contributed by atoms with Gasteiger partial charge in [0.15, 0.2) is 0 Å². The van der Waals surface area contributed by atoms with Gasteiger partial charge in [-0.3, -0.25) is 14.4 Å². The Bertz CT molecular complexity index is 1290. The van der Waals surface area contributed by atoms with Crippen LogP contribution in [0.5, 0.6) is 0 Å². The van der Waals surface area contributed by atoms with E-state index in [1.165, 1.54) is 11.3 Å². The third-order valence-corrected chi connectivity index (χ3v) is 5.97. The number of carbonyl (C=O) groups excluding carboxylic acids is 4. The molecule has 3 aromatic rings. The Hall–Kier alpha value is -4.19. The Labute approximate surface area is 204 Å². The minimum atomic E-state index is -0.846. The van der Waals surface area contributed by atoms with Crippen LogP contribution in [-0.4, -0.2) is 47.8 Å². The summed E-state index contributed by atoms with van der Waals surface area (Å²) in [7, 11) is 3.72. The number of aromatic nitrogens is 1. The predicted octanol–water partition coefficient (Wildman–Crippen LogP) is 4.10. The number of anilines is 2. The highest BCUT2D eigenvalue weighted by Gasteiger charge is 2.32. The first-order valence-electron chi connectivity index (χ1n) is 10.8. The maximum absolute atomic E-state index is 12.5. The molecule has 35 heavy (non-hydrogen) atoms. The number of azo groups is 1. The smallest absolute Gasteiger partial charge is 0.333 e. The van der Waals surface area contributed by atoms with Gasteiger partial charge in [-0.1, -0.05) is 23.5 Å². The Balaban J connectivity index is 1.43. The highest BCUT2D eigenvalue weighted by atomic mass is 32.1. The summed E-state index contributed by atoms with van der Waals surface area (Å²) in [5, 5.41) is 12.2. The van der Waals surface area contributed by atoms with Gasteiger partial charge in [0.05, 0.1) is 22.3 Å². The summed E-state index contributed by atoms with van der Waals surface area (Å²) in [5.74, 6) is -2.46. The molecule has 1 fully saturated rings. The van der Waals surface area contributed by atoms with Gasteiger partial charge in [-0.05, 0) is 30.3 Å². The molecule has 0 bridgehead atoms. The lowest BCUT2D eigenvalue weighted by Gasteiger charge is -2.15. The summed E-state index contributed by atoms with van der Waals surface area (Å²) in [4.78, 5) is 58.7. The number of para-hydroxylation sites is 1. The summed E-state index contributed by atoms with van der Waals surface area (Å²) < 4.78 is 0.988. The zero-order valence-corrected chi connectivity index (χ0v) is 19.9. The maximum Gasteiger partial charge on any atom is 0.333 e. The fraction of sp³-hybridized carbons (Fsp3) is 0.261. The molecule has 3 amide bonds. The topological polar surface area (TPSA) is 134 Å². The fourth-order valence-corrected chi connectivity index (χ4v) is 4.01. The lowest BCUT2D eigenvalue weighted by Crippen LogP contribution is -2.32. The van der Waals surface area contributed by atoms with Crippen LogP contribution in [0.4, 0.5) is 22.2 Å². The first-order valence-corrected chi connectivity index (χ1v) is 11.6. The average Bonchev–Trinajstić information content (AvgIpc) is 3.39. The highest BCUT2D eigenvalue weighted by Crippen LogP contribution is 2.33. The van der Waals surface area contributed by atoms with Crippen LogP contribution in [0.3, 0.4) is 0 Å². The lowest BCUT2D eigenvalue weighted by atomic mass is 10.2. The number of hydroxylamine groups is 2. The second-order valence-corrected chi connectivity index (χ2v) is 8.86. The summed E-state index contributed by atoms with van der Waals surface area (Å²) in [5.41, 5.74) is 2.47. The van der Waals surface area contributed by atoms with E-state index in [-0.39, 0.29) is 25.7 Å². The number of hydrogen-bond acceptors (Lipinski definition) is 10. The van der Waals surface area contributed by atoms with Gasteiger partial charge in [0.2, 0.25) is 11.0 Å². The molecule has 1 saturated heterocycles. The number of nitrogens with zero attached hydrogens (tertiary/aromatic N) is 5. The van der Waals surface area contributed by atoms with E-state index in [1.54, 1.807) is 12.1 Å². The van der Waals surface area contributed by atoms with Crippen molar-refractivity contribution in [3.05, 3.63) is 42.5 Å². The summed E-state index contributed by atoms with van der Waals surface area (Å²) in [6, 6.07) is 13.0. The molecule has 1 aromatic heterocycles. The summed E-state index contributed by atoms with van der Waals surface area (Å²) >= 11 is 1.40. The molecule has 180 valence electrons. The largest absolute Gasteiger partial charge is 0.378 e. The number of thiazole rings is 1. The van der Waals surface area contributed by atoms with Crippen molar-refractivity contribution < 1.29 is 24.0 Å². The van der Waals surface area contributed by atoms with E-state index in [4.69, 9.17) is 4.84 Å². The number of benzene rings is 2. The van der Waals surface area contributed by atoms with Crippen LogP contribution < -0.4 is 10.2 Å². The van der Waals surface area contributed by atoms with Crippen LogP contribution in [0.25, 0.3) is 10.2 Å². The quantitative estimate of drug-likeness (QED) is 0.368. The van der Waals surface area contributed by atoms with Crippen molar-refractivity contribution in [3.63, 3.8) is 0 Å². The zero-order chi connectivity index (χ0) is 24.9. The molecule has 1 aliphatic heterocycles. The van der Waals surface area contributed by atoms with Crippen LogP contribution in [-0.2, 0) is 24.0 Å². The molecule has 1 aliphatic rings. The standard InChI is InChI=1S/C23H22N6O5S/c1-28(2)14-7-8-15(26-27-23-25-16-5-3-4-6-18(16)35-23)17(13-14)24-19(30)9-12-22(33)34-29-20(31)10-11-21(29)32/h3-8,13H,9-12H2,1-2H3,(H,24,30). The molecule has 4 rings (SSSR count). The number of imide groups is 1. The Morgan fingerprint density at radius 2 is 1.83 bits per heavy atom. The third-order valence-electron chi connectivity index (χ3n) is 5.05. The first kappa shape index (κ1) is 24.0. The van der Waals surface area contributed by atoms with E-state index in [0.717, 1.165) is 15.9 Å². The molecule has 2 heterocycles. The third kappa shape index (κ3) is 5.84. The minimum absolute atomic E-state index is 0.00314. The number of nitrogens with one attached hydrogen (secondary N) is 1. The summed E-state index contributed by atoms with van der Waals surface area (Å²) in [6.45, 7) is 0. The van der Waals surface area contributed by atoms with E-state index >= 15 is 0 Å². The van der Waals surface area contributed by atoms with Crippen LogP contribution in [0.2, 0.25) is 0 Å². The van der Waals surface area contributed by atoms with E-state index in [9.17, 15) is 19.2 Å². The normalized spacial score (nSPS) is 13.6. The molecule has 0 radical (unpaired) electrons. The molecule has 12 heteroatoms. The highest BCUT2D eigenvalue weighted by molar-refractivity contribution is 7.21. The molecule has 0 atom stereocenters. The number of rotatable bonds is 8. The van der Waals surface area contributed by atoms with Gasteiger partial charge in [-0.25, -0.2) is 9.78 Å². The van der Waals surface area contributed by atoms with Gasteiger partial charge in [0, 0.05) is 39.0 Å². The monoisotopic (exact) mass is 494 g/mol. The molecular formula is C23H22N6O5S. The van der Waals surface area contributed by atoms with Gasteiger partial charge in [-0.15, -0.1) is 15.3 Å². The van der Waals surface area contributed by atoms with Gasteiger partial charge in [0.1, 0.15) is 5.69 Å². The van der Waals surface area contributed by atoms with Crippen LogP contribution >= 0.6 is 11.3 Å². The fourth-order valence-electron chi connectivity index (χ4n) is 3.22. The molecule has 0 aliphatic carbocycles. The van der Waals surface area contributed by atoms with Crippen molar-refractivity contribution in [2.24, 2.45) is 10.2 Å². The molecule has 11 nitrogen and oxygen atoms in total. The first-order chi connectivity index (χ1) is 16.8. The average molecular weight is 495 g/mol. The predicted molar refractivity (Wildman–Crippen MR) is 130 cm³/mol. The Kier molecular flexibility index (Phi) is 7.11. The number of amides is 3. The van der Waals surface area contributed by atoms with Gasteiger partial charge in [0.25, 0.3) is 11.8 Å². The van der Waals surface area contributed by atoms with Crippen molar-refractivity contribution in [2.75, 3.05) is 24.3 Å². The number of fused-ring (bicyclic) bond motifs is 1. The lowest BCUT2D eigenvalue weighted by molar-refractivity contribution is -0.197. The molecule has 2 aromatic carbocycles. The molecule has 0 saturated carbocycles. The van der Waals surface area contributed by atoms with Crippen molar-refractivity contribution >= 4 is 67.4 Å². The van der Waals surface area contributed by atoms with Crippen LogP contribution in [0.1, 0.15) is 25.7 Å². The molecule has 0 unspecified atom stereocenters. The molecular weight excluding hydrogens is 472 g/mol. The van der Waals surface area contributed by atoms with Gasteiger partial charge < -0.3 is 15.1 Å². The minimum Gasteiger partial charge on any atom is -0.378 e. The Morgan fingerprint density at radius 1 is 1.09 bits per heavy atom. The maximum atomic E-state index is 12.5. The van der Waals surface area contributed by atoms with E-state index in [2.05, 4.69) is 20.5 Å². The van der Waals surface area contributed by atoms with Crippen molar-refractivity contribution in [3.8, 4) is 0 Å². The van der Waals surface area contributed by atoms with E-state index in [1.807, 2.05) is 49.3 Å². The van der Waals surface area contributed by atoms with Crippen LogP contribution in [0.15, 0.2) is 52.7 Å². The number of hydrogen-bond donors (Lipinski definition) is 1. The zero-order valence-electron chi connectivity index (χ0n) is 19.1. The molecule has 0 spiro atoms. The van der Waals surface area contributed by atoms with Crippen molar-refractivity contribution in [2.45, 2.75) is 25.7 Å². The van der Waals surface area contributed by atoms with Crippen LogP contribution in [0, 0.1) is 0 Å². The number of carbonyl (C=O) groups is 4. The van der Waals surface area contributed by atoms with E-state index in [0.29, 0.717) is 21.6 Å². The second kappa shape index (κ2) is 10.4. The molecule has 1 N–H and O–H groups in total. The van der Waals surface area contributed by atoms with Gasteiger partial charge >= 0.3 is 5.97 Å². The SMILES string of the molecule is CN(C)c1ccc(N=Nc2nc3ccccc3s2)c(NC(=O)CCC(=O)ON2C(=O)CCC2=O)c1. The van der Waals surface area contributed by atoms with Gasteiger partial charge in [-0.2, -0.15) is 0 Å². The summed E-state index contributed by atoms with van der Waals surface area (Å²) in [6.07, 6.45) is -0.513. The van der Waals surface area contributed by atoms with Crippen molar-refractivity contribution in [1.29, 1.82) is 0 Å². The Morgan fingerprint density at radius 3 is 2.54 bits per heavy atom.